The van der Waals surface area contributed by atoms with Gasteiger partial charge in [-0.1, -0.05) is 30.5 Å². The van der Waals surface area contributed by atoms with Crippen LogP contribution < -0.4 is 0 Å². The van der Waals surface area contributed by atoms with Gasteiger partial charge in [-0.25, -0.2) is 4.39 Å². The summed E-state index contributed by atoms with van der Waals surface area (Å²) in [6.07, 6.45) is 8.86. The molecule has 0 saturated heterocycles. The van der Waals surface area contributed by atoms with E-state index >= 15 is 0 Å². The zero-order chi connectivity index (χ0) is 13.9. The number of hydrogen-bond acceptors (Lipinski definition) is 2. The van der Waals surface area contributed by atoms with E-state index < -0.39 is 0 Å². The molecule has 1 atom stereocenters. The molecule has 0 bridgehead atoms. The fraction of sp³-hybridized carbons (Fsp3) is 0.471. The van der Waals surface area contributed by atoms with Crippen molar-refractivity contribution in [3.8, 4) is 0 Å². The molecule has 0 spiro atoms. The van der Waals surface area contributed by atoms with Crippen LogP contribution >= 0.6 is 0 Å². The fourth-order valence-corrected chi connectivity index (χ4v) is 3.78. The standard InChI is InChI=1S/C17H20FNO/c18-15-8-5-13(6-9-15)17-14(11-19-20)7-10-16(17)12-3-1-2-4-12/h5-6,8-9,11-12,14,20H,1-4,7,10H2. The molecule has 1 aromatic rings. The van der Waals surface area contributed by atoms with Crippen molar-refractivity contribution in [2.45, 2.75) is 38.5 Å². The van der Waals surface area contributed by atoms with E-state index in [4.69, 9.17) is 5.21 Å². The summed E-state index contributed by atoms with van der Waals surface area (Å²) in [5, 5.41) is 12.1. The van der Waals surface area contributed by atoms with Gasteiger partial charge in [0, 0.05) is 5.92 Å². The van der Waals surface area contributed by atoms with Crippen LogP contribution in [0.25, 0.3) is 5.57 Å². The Hall–Kier alpha value is -1.64. The molecule has 1 fully saturated rings. The Kier molecular flexibility index (Phi) is 3.86. The minimum absolute atomic E-state index is 0.168. The van der Waals surface area contributed by atoms with Crippen LogP contribution in [0.15, 0.2) is 35.0 Å². The number of oxime groups is 1. The third-order valence-electron chi connectivity index (χ3n) is 4.69. The molecule has 0 aromatic heterocycles. The first-order valence-electron chi connectivity index (χ1n) is 7.46. The Labute approximate surface area is 119 Å². The van der Waals surface area contributed by atoms with Crippen molar-refractivity contribution in [3.05, 3.63) is 41.2 Å². The van der Waals surface area contributed by atoms with Crippen LogP contribution in [0.3, 0.4) is 0 Å². The quantitative estimate of drug-likeness (QED) is 0.485. The van der Waals surface area contributed by atoms with E-state index in [0.29, 0.717) is 5.92 Å². The zero-order valence-corrected chi connectivity index (χ0v) is 11.6. The normalized spacial score (nSPS) is 24.1. The topological polar surface area (TPSA) is 32.6 Å². The highest BCUT2D eigenvalue weighted by atomic mass is 19.1. The lowest BCUT2D eigenvalue weighted by molar-refractivity contribution is 0.319. The van der Waals surface area contributed by atoms with Crippen molar-refractivity contribution in [3.63, 3.8) is 0 Å². The van der Waals surface area contributed by atoms with E-state index in [1.54, 1.807) is 6.21 Å². The van der Waals surface area contributed by atoms with Crippen molar-refractivity contribution in [1.82, 2.24) is 0 Å². The highest BCUT2D eigenvalue weighted by Crippen LogP contribution is 2.45. The Morgan fingerprint density at radius 1 is 1.10 bits per heavy atom. The molecule has 1 saturated carbocycles. The molecule has 0 radical (unpaired) electrons. The van der Waals surface area contributed by atoms with Crippen LogP contribution in [0.4, 0.5) is 4.39 Å². The van der Waals surface area contributed by atoms with Gasteiger partial charge in [0.2, 0.25) is 0 Å². The molecule has 3 rings (SSSR count). The van der Waals surface area contributed by atoms with Crippen LogP contribution in [0.5, 0.6) is 0 Å². The Morgan fingerprint density at radius 2 is 1.80 bits per heavy atom. The molecule has 1 aromatic carbocycles. The summed E-state index contributed by atoms with van der Waals surface area (Å²) in [7, 11) is 0. The van der Waals surface area contributed by atoms with E-state index in [9.17, 15) is 4.39 Å². The van der Waals surface area contributed by atoms with E-state index in [1.807, 2.05) is 12.1 Å². The van der Waals surface area contributed by atoms with Gasteiger partial charge in [0.25, 0.3) is 0 Å². The molecule has 20 heavy (non-hydrogen) atoms. The maximum Gasteiger partial charge on any atom is 0.123 e. The summed E-state index contributed by atoms with van der Waals surface area (Å²) >= 11 is 0. The molecule has 0 aliphatic heterocycles. The van der Waals surface area contributed by atoms with E-state index in [2.05, 4.69) is 5.16 Å². The number of halogens is 1. The van der Waals surface area contributed by atoms with Gasteiger partial charge in [-0.3, -0.25) is 0 Å². The van der Waals surface area contributed by atoms with Gasteiger partial charge < -0.3 is 5.21 Å². The molecule has 106 valence electrons. The molecule has 0 heterocycles. The lowest BCUT2D eigenvalue weighted by atomic mass is 9.89. The lowest BCUT2D eigenvalue weighted by Gasteiger charge is -2.16. The van der Waals surface area contributed by atoms with Gasteiger partial charge in [0.05, 0.1) is 6.21 Å². The number of benzene rings is 1. The predicted molar refractivity (Wildman–Crippen MR) is 78.3 cm³/mol. The minimum Gasteiger partial charge on any atom is -0.411 e. The van der Waals surface area contributed by atoms with Crippen LogP contribution in [-0.2, 0) is 0 Å². The second kappa shape index (κ2) is 5.78. The van der Waals surface area contributed by atoms with Crippen molar-refractivity contribution >= 4 is 11.8 Å². The monoisotopic (exact) mass is 273 g/mol. The molecule has 2 nitrogen and oxygen atoms in total. The average Bonchev–Trinajstić information content (AvgIpc) is 3.09. The Balaban J connectivity index is 2.01. The lowest BCUT2D eigenvalue weighted by Crippen LogP contribution is -2.03. The second-order valence-corrected chi connectivity index (χ2v) is 5.84. The van der Waals surface area contributed by atoms with Crippen LogP contribution in [-0.4, -0.2) is 11.4 Å². The third-order valence-corrected chi connectivity index (χ3v) is 4.69. The van der Waals surface area contributed by atoms with Crippen LogP contribution in [0, 0.1) is 17.7 Å². The molecular weight excluding hydrogens is 253 g/mol. The van der Waals surface area contributed by atoms with Gasteiger partial charge in [-0.15, -0.1) is 5.16 Å². The Morgan fingerprint density at radius 3 is 2.45 bits per heavy atom. The van der Waals surface area contributed by atoms with Gasteiger partial charge >= 0.3 is 0 Å². The van der Waals surface area contributed by atoms with E-state index in [1.165, 1.54) is 49.0 Å². The summed E-state index contributed by atoms with van der Waals surface area (Å²) in [4.78, 5) is 0. The molecular formula is C17H20FNO. The molecule has 1 unspecified atom stereocenters. The highest BCUT2D eigenvalue weighted by molar-refractivity contribution is 5.86. The number of allylic oxidation sites excluding steroid dienone is 2. The van der Waals surface area contributed by atoms with Gasteiger partial charge in [-0.2, -0.15) is 0 Å². The largest absolute Gasteiger partial charge is 0.411 e. The summed E-state index contributed by atoms with van der Waals surface area (Å²) < 4.78 is 13.1. The predicted octanol–water partition coefficient (Wildman–Crippen LogP) is 4.64. The van der Waals surface area contributed by atoms with E-state index in [-0.39, 0.29) is 11.7 Å². The fourth-order valence-electron chi connectivity index (χ4n) is 3.78. The maximum absolute atomic E-state index is 13.1. The van der Waals surface area contributed by atoms with Crippen molar-refractivity contribution in [2.24, 2.45) is 17.0 Å². The maximum atomic E-state index is 13.1. The van der Waals surface area contributed by atoms with Gasteiger partial charge in [0.15, 0.2) is 0 Å². The number of hydrogen-bond donors (Lipinski definition) is 1. The van der Waals surface area contributed by atoms with Crippen molar-refractivity contribution in [2.75, 3.05) is 0 Å². The molecule has 3 heteroatoms. The molecule has 1 N–H and O–H groups in total. The van der Waals surface area contributed by atoms with Gasteiger partial charge in [0.1, 0.15) is 5.82 Å². The number of rotatable bonds is 3. The summed E-state index contributed by atoms with van der Waals surface area (Å²) in [6, 6.07) is 6.73. The van der Waals surface area contributed by atoms with Crippen LogP contribution in [0.2, 0.25) is 0 Å². The van der Waals surface area contributed by atoms with Gasteiger partial charge in [-0.05, 0) is 54.9 Å². The smallest absolute Gasteiger partial charge is 0.123 e. The third kappa shape index (κ3) is 2.49. The van der Waals surface area contributed by atoms with Crippen molar-refractivity contribution < 1.29 is 9.60 Å². The second-order valence-electron chi connectivity index (χ2n) is 5.84. The van der Waals surface area contributed by atoms with Crippen molar-refractivity contribution in [1.29, 1.82) is 0 Å². The first kappa shape index (κ1) is 13.3. The Bertz CT molecular complexity index is 526. The van der Waals surface area contributed by atoms with Crippen LogP contribution in [0.1, 0.15) is 44.1 Å². The zero-order valence-electron chi connectivity index (χ0n) is 11.6. The highest BCUT2D eigenvalue weighted by Gasteiger charge is 2.31. The molecule has 0 amide bonds. The first-order valence-corrected chi connectivity index (χ1v) is 7.46. The molecule has 2 aliphatic rings. The van der Waals surface area contributed by atoms with E-state index in [0.717, 1.165) is 18.4 Å². The molecule has 2 aliphatic carbocycles. The minimum atomic E-state index is -0.206. The SMILES string of the molecule is ON=CC1CCC(C2CCCC2)=C1c1ccc(F)cc1. The summed E-state index contributed by atoms with van der Waals surface area (Å²) in [5.74, 6) is 0.635. The number of nitrogens with zero attached hydrogens (tertiary/aromatic N) is 1. The summed E-state index contributed by atoms with van der Waals surface area (Å²) in [6.45, 7) is 0. The first-order chi connectivity index (χ1) is 9.79. The summed E-state index contributed by atoms with van der Waals surface area (Å²) in [5.41, 5.74) is 3.87. The average molecular weight is 273 g/mol.